The van der Waals surface area contributed by atoms with E-state index in [0.717, 1.165) is 25.1 Å². The molecule has 0 aromatic carbocycles. The van der Waals surface area contributed by atoms with Crippen LogP contribution in [-0.2, 0) is 0 Å². The molecule has 1 rings (SSSR count). The van der Waals surface area contributed by atoms with E-state index in [1.165, 1.54) is 0 Å². The molecule has 0 aromatic heterocycles. The minimum absolute atomic E-state index is 0.323. The standard InChI is InChI=1S/C9H13Cl/c1-2-5-9(8-10)6-3-4-7-9/h2-4H,1,5-8H2. The fraction of sp³-hybridized carbons (Fsp3) is 0.556. The fourth-order valence-corrected chi connectivity index (χ4v) is 1.71. The fourth-order valence-electron chi connectivity index (χ4n) is 1.39. The maximum absolute atomic E-state index is 5.86. The maximum Gasteiger partial charge on any atom is 0.0288 e. The minimum Gasteiger partial charge on any atom is -0.126 e. The van der Waals surface area contributed by atoms with Crippen molar-refractivity contribution in [3.05, 3.63) is 24.8 Å². The molecule has 0 heterocycles. The van der Waals surface area contributed by atoms with Gasteiger partial charge in [-0.25, -0.2) is 0 Å². The summed E-state index contributed by atoms with van der Waals surface area (Å²) in [6.45, 7) is 3.73. The summed E-state index contributed by atoms with van der Waals surface area (Å²) in [5.41, 5.74) is 0.323. The van der Waals surface area contributed by atoms with Crippen LogP contribution in [-0.4, -0.2) is 5.88 Å². The largest absolute Gasteiger partial charge is 0.126 e. The number of rotatable bonds is 3. The molecule has 0 fully saturated rings. The smallest absolute Gasteiger partial charge is 0.0288 e. The van der Waals surface area contributed by atoms with Crippen molar-refractivity contribution in [3.63, 3.8) is 0 Å². The molecule has 0 aromatic rings. The molecule has 0 atom stereocenters. The second-order valence-corrected chi connectivity index (χ2v) is 3.27. The van der Waals surface area contributed by atoms with Gasteiger partial charge in [0.2, 0.25) is 0 Å². The van der Waals surface area contributed by atoms with Gasteiger partial charge in [0, 0.05) is 5.88 Å². The number of allylic oxidation sites excluding steroid dienone is 3. The lowest BCUT2D eigenvalue weighted by Gasteiger charge is -2.23. The predicted molar refractivity (Wildman–Crippen MR) is 46.3 cm³/mol. The second-order valence-electron chi connectivity index (χ2n) is 3.01. The third kappa shape index (κ3) is 1.43. The molecule has 0 amide bonds. The van der Waals surface area contributed by atoms with Gasteiger partial charge in [0.15, 0.2) is 0 Å². The summed E-state index contributed by atoms with van der Waals surface area (Å²) in [4.78, 5) is 0. The van der Waals surface area contributed by atoms with Gasteiger partial charge in [-0.15, -0.1) is 18.2 Å². The first-order valence-electron chi connectivity index (χ1n) is 3.65. The normalized spacial score (nSPS) is 21.3. The van der Waals surface area contributed by atoms with Crippen LogP contribution in [0.1, 0.15) is 19.3 Å². The minimum atomic E-state index is 0.323. The lowest BCUT2D eigenvalue weighted by molar-refractivity contribution is 0.364. The van der Waals surface area contributed by atoms with Crippen LogP contribution in [0.25, 0.3) is 0 Å². The Morgan fingerprint density at radius 3 is 2.50 bits per heavy atom. The lowest BCUT2D eigenvalue weighted by Crippen LogP contribution is -2.17. The molecule has 0 nitrogen and oxygen atoms in total. The highest BCUT2D eigenvalue weighted by atomic mass is 35.5. The average Bonchev–Trinajstić information content (AvgIpc) is 2.39. The van der Waals surface area contributed by atoms with Crippen LogP contribution in [0.5, 0.6) is 0 Å². The van der Waals surface area contributed by atoms with Crippen LogP contribution in [0.3, 0.4) is 0 Å². The molecule has 1 aliphatic rings. The van der Waals surface area contributed by atoms with E-state index in [4.69, 9.17) is 11.6 Å². The van der Waals surface area contributed by atoms with Gasteiger partial charge in [-0.05, 0) is 24.7 Å². The van der Waals surface area contributed by atoms with Crippen LogP contribution in [0.2, 0.25) is 0 Å². The zero-order valence-electron chi connectivity index (χ0n) is 6.15. The van der Waals surface area contributed by atoms with Crippen molar-refractivity contribution in [3.8, 4) is 0 Å². The summed E-state index contributed by atoms with van der Waals surface area (Å²) in [7, 11) is 0. The van der Waals surface area contributed by atoms with Crippen LogP contribution in [0.15, 0.2) is 24.8 Å². The van der Waals surface area contributed by atoms with Crippen molar-refractivity contribution in [2.45, 2.75) is 19.3 Å². The van der Waals surface area contributed by atoms with Crippen LogP contribution >= 0.6 is 11.6 Å². The van der Waals surface area contributed by atoms with E-state index in [-0.39, 0.29) is 0 Å². The van der Waals surface area contributed by atoms with Crippen molar-refractivity contribution in [2.75, 3.05) is 5.88 Å². The quantitative estimate of drug-likeness (QED) is 0.435. The molecule has 0 aliphatic heterocycles. The Morgan fingerprint density at radius 2 is 2.10 bits per heavy atom. The zero-order valence-corrected chi connectivity index (χ0v) is 6.90. The molecule has 0 radical (unpaired) electrons. The van der Waals surface area contributed by atoms with Crippen LogP contribution < -0.4 is 0 Å². The van der Waals surface area contributed by atoms with Crippen molar-refractivity contribution in [1.82, 2.24) is 0 Å². The number of hydrogen-bond donors (Lipinski definition) is 0. The first-order chi connectivity index (χ1) is 4.83. The molecule has 0 unspecified atom stereocenters. The van der Waals surface area contributed by atoms with E-state index in [0.29, 0.717) is 5.41 Å². The van der Waals surface area contributed by atoms with Crippen molar-refractivity contribution in [2.24, 2.45) is 5.41 Å². The molecule has 0 saturated carbocycles. The molecule has 0 N–H and O–H groups in total. The summed E-state index contributed by atoms with van der Waals surface area (Å²) in [6.07, 6.45) is 9.70. The third-order valence-electron chi connectivity index (χ3n) is 2.13. The maximum atomic E-state index is 5.86. The van der Waals surface area contributed by atoms with Crippen LogP contribution in [0.4, 0.5) is 0 Å². The summed E-state index contributed by atoms with van der Waals surface area (Å²) in [5.74, 6) is 0.756. The molecule has 0 spiro atoms. The lowest BCUT2D eigenvalue weighted by atomic mass is 9.84. The highest BCUT2D eigenvalue weighted by Crippen LogP contribution is 2.37. The Labute approximate surface area is 67.6 Å². The van der Waals surface area contributed by atoms with E-state index in [1.807, 2.05) is 6.08 Å². The van der Waals surface area contributed by atoms with E-state index in [2.05, 4.69) is 18.7 Å². The van der Waals surface area contributed by atoms with Crippen LogP contribution in [0, 0.1) is 5.41 Å². The predicted octanol–water partition coefficient (Wildman–Crippen LogP) is 3.14. The zero-order chi connectivity index (χ0) is 7.45. The topological polar surface area (TPSA) is 0 Å². The molecule has 56 valence electrons. The molecule has 0 bridgehead atoms. The Balaban J connectivity index is 2.51. The molecule has 0 saturated heterocycles. The van der Waals surface area contributed by atoms with Crippen molar-refractivity contribution >= 4 is 11.6 Å². The van der Waals surface area contributed by atoms with Gasteiger partial charge in [0.25, 0.3) is 0 Å². The van der Waals surface area contributed by atoms with Crippen molar-refractivity contribution in [1.29, 1.82) is 0 Å². The summed E-state index contributed by atoms with van der Waals surface area (Å²) in [6, 6.07) is 0. The van der Waals surface area contributed by atoms with Gasteiger partial charge in [0.05, 0.1) is 0 Å². The van der Waals surface area contributed by atoms with Gasteiger partial charge in [0.1, 0.15) is 0 Å². The van der Waals surface area contributed by atoms with Crippen molar-refractivity contribution < 1.29 is 0 Å². The van der Waals surface area contributed by atoms with Gasteiger partial charge in [-0.2, -0.15) is 0 Å². The SMILES string of the molecule is C=CCC1(CCl)CC=CC1. The third-order valence-corrected chi connectivity index (χ3v) is 2.70. The second kappa shape index (κ2) is 3.25. The highest BCUT2D eigenvalue weighted by Gasteiger charge is 2.27. The first-order valence-corrected chi connectivity index (χ1v) is 4.18. The Morgan fingerprint density at radius 1 is 1.50 bits per heavy atom. The van der Waals surface area contributed by atoms with Gasteiger partial charge < -0.3 is 0 Å². The molecular formula is C9H13Cl. The molecular weight excluding hydrogens is 144 g/mol. The molecule has 1 aliphatic carbocycles. The number of halogens is 1. The monoisotopic (exact) mass is 156 g/mol. The summed E-state index contributed by atoms with van der Waals surface area (Å²) >= 11 is 5.86. The highest BCUT2D eigenvalue weighted by molar-refractivity contribution is 6.18. The van der Waals surface area contributed by atoms with E-state index in [9.17, 15) is 0 Å². The molecule has 10 heavy (non-hydrogen) atoms. The summed E-state index contributed by atoms with van der Waals surface area (Å²) in [5, 5.41) is 0. The Bertz CT molecular complexity index is 139. The Kier molecular flexibility index (Phi) is 2.56. The van der Waals surface area contributed by atoms with E-state index in [1.54, 1.807) is 0 Å². The number of alkyl halides is 1. The average molecular weight is 157 g/mol. The Hall–Kier alpha value is -0.230. The first kappa shape index (κ1) is 7.87. The number of hydrogen-bond acceptors (Lipinski definition) is 0. The summed E-state index contributed by atoms with van der Waals surface area (Å²) < 4.78 is 0. The van der Waals surface area contributed by atoms with Gasteiger partial charge >= 0.3 is 0 Å². The van der Waals surface area contributed by atoms with Gasteiger partial charge in [-0.3, -0.25) is 0 Å². The van der Waals surface area contributed by atoms with Gasteiger partial charge in [-0.1, -0.05) is 18.2 Å². The molecule has 1 heteroatoms. The van der Waals surface area contributed by atoms with E-state index < -0.39 is 0 Å². The van der Waals surface area contributed by atoms with E-state index >= 15 is 0 Å².